The summed E-state index contributed by atoms with van der Waals surface area (Å²) in [7, 11) is 0. The molecule has 0 fully saturated rings. The first-order valence-electron chi connectivity index (χ1n) is 8.06. The minimum absolute atomic E-state index is 0.965. The van der Waals surface area contributed by atoms with E-state index in [0.29, 0.717) is 0 Å². The van der Waals surface area contributed by atoms with Gasteiger partial charge in [0.2, 0.25) is 0 Å². The lowest BCUT2D eigenvalue weighted by Crippen LogP contribution is -2.27. The Morgan fingerprint density at radius 2 is 1.59 bits per heavy atom. The van der Waals surface area contributed by atoms with Crippen molar-refractivity contribution in [1.82, 2.24) is 14.5 Å². The molecule has 0 N–H and O–H groups in total. The normalized spacial score (nSPS) is 11.4. The molecule has 0 aliphatic heterocycles. The van der Waals surface area contributed by atoms with Crippen molar-refractivity contribution in [3.05, 3.63) is 54.6 Å². The van der Waals surface area contributed by atoms with Crippen LogP contribution in [0, 0.1) is 0 Å². The van der Waals surface area contributed by atoms with E-state index < -0.39 is 0 Å². The first kappa shape index (κ1) is 14.8. The Kier molecular flexibility index (Phi) is 4.54. The number of likely N-dealkylation sites (N-methyl/N-ethyl adjacent to an activating group) is 1. The maximum atomic E-state index is 4.86. The average molecular weight is 293 g/mol. The summed E-state index contributed by atoms with van der Waals surface area (Å²) in [5.41, 5.74) is 3.47. The van der Waals surface area contributed by atoms with Crippen LogP contribution in [-0.4, -0.2) is 34.1 Å². The van der Waals surface area contributed by atoms with Gasteiger partial charge in [-0.15, -0.1) is 0 Å². The van der Waals surface area contributed by atoms with Crippen molar-refractivity contribution in [2.24, 2.45) is 0 Å². The molecule has 0 radical (unpaired) electrons. The molecular formula is C19H23N3. The van der Waals surface area contributed by atoms with Crippen LogP contribution in [0.25, 0.3) is 22.4 Å². The number of nitrogens with zero attached hydrogens (tertiary/aromatic N) is 3. The van der Waals surface area contributed by atoms with Gasteiger partial charge in [0.05, 0.1) is 11.0 Å². The second-order valence-electron chi connectivity index (χ2n) is 5.47. The maximum absolute atomic E-state index is 4.86. The zero-order chi connectivity index (χ0) is 15.4. The van der Waals surface area contributed by atoms with Crippen molar-refractivity contribution in [2.45, 2.75) is 20.4 Å². The summed E-state index contributed by atoms with van der Waals surface area (Å²) in [6, 6.07) is 18.9. The second-order valence-corrected chi connectivity index (χ2v) is 5.47. The van der Waals surface area contributed by atoms with Gasteiger partial charge in [0.15, 0.2) is 0 Å². The van der Waals surface area contributed by atoms with E-state index in [0.717, 1.165) is 37.5 Å². The number of hydrogen-bond donors (Lipinski definition) is 0. The van der Waals surface area contributed by atoms with Gasteiger partial charge in [-0.05, 0) is 25.2 Å². The van der Waals surface area contributed by atoms with Crippen molar-refractivity contribution in [3.63, 3.8) is 0 Å². The van der Waals surface area contributed by atoms with E-state index >= 15 is 0 Å². The molecule has 0 saturated heterocycles. The van der Waals surface area contributed by atoms with Crippen LogP contribution in [0.2, 0.25) is 0 Å². The summed E-state index contributed by atoms with van der Waals surface area (Å²) in [6.45, 7) is 8.62. The number of imidazole rings is 1. The van der Waals surface area contributed by atoms with Gasteiger partial charge < -0.3 is 9.47 Å². The molecule has 1 aromatic heterocycles. The largest absolute Gasteiger partial charge is 0.323 e. The Labute approximate surface area is 132 Å². The lowest BCUT2D eigenvalue weighted by molar-refractivity contribution is 0.292. The van der Waals surface area contributed by atoms with E-state index in [2.05, 4.69) is 71.8 Å². The first-order chi connectivity index (χ1) is 10.8. The fourth-order valence-electron chi connectivity index (χ4n) is 2.89. The van der Waals surface area contributed by atoms with E-state index in [1.807, 2.05) is 6.07 Å². The highest BCUT2D eigenvalue weighted by atomic mass is 15.2. The molecule has 0 bridgehead atoms. The van der Waals surface area contributed by atoms with Gasteiger partial charge in [-0.25, -0.2) is 4.98 Å². The Hall–Kier alpha value is -2.13. The van der Waals surface area contributed by atoms with Crippen LogP contribution < -0.4 is 0 Å². The molecule has 0 aliphatic carbocycles. The zero-order valence-corrected chi connectivity index (χ0v) is 13.4. The summed E-state index contributed by atoms with van der Waals surface area (Å²) in [4.78, 5) is 7.30. The van der Waals surface area contributed by atoms with Crippen LogP contribution in [0.4, 0.5) is 0 Å². The fraction of sp³-hybridized carbons (Fsp3) is 0.316. The summed E-state index contributed by atoms with van der Waals surface area (Å²) in [5.74, 6) is 1.06. The molecule has 3 rings (SSSR count). The Balaban J connectivity index is 2.02. The van der Waals surface area contributed by atoms with Gasteiger partial charge in [-0.3, -0.25) is 0 Å². The molecule has 3 heteroatoms. The fourth-order valence-corrected chi connectivity index (χ4v) is 2.89. The van der Waals surface area contributed by atoms with Crippen LogP contribution in [0.15, 0.2) is 54.6 Å². The highest BCUT2D eigenvalue weighted by molar-refractivity contribution is 5.80. The zero-order valence-electron chi connectivity index (χ0n) is 13.4. The standard InChI is InChI=1S/C19H23N3/c1-3-21(4-2)14-15-22-18-13-9-8-12-17(18)20-19(22)16-10-6-5-7-11-16/h5-13H,3-4,14-15H2,1-2H3. The average Bonchev–Trinajstić information content (AvgIpc) is 2.95. The number of hydrogen-bond acceptors (Lipinski definition) is 2. The minimum atomic E-state index is 0.965. The molecule has 0 spiro atoms. The Bertz CT molecular complexity index is 727. The topological polar surface area (TPSA) is 21.1 Å². The van der Waals surface area contributed by atoms with Crippen LogP contribution in [0.5, 0.6) is 0 Å². The van der Waals surface area contributed by atoms with E-state index in [4.69, 9.17) is 4.98 Å². The van der Waals surface area contributed by atoms with Crippen LogP contribution in [0.3, 0.4) is 0 Å². The quantitative estimate of drug-likeness (QED) is 0.684. The summed E-state index contributed by atoms with van der Waals surface area (Å²) in [6.07, 6.45) is 0. The van der Waals surface area contributed by atoms with Gasteiger partial charge in [0.1, 0.15) is 5.82 Å². The number of aromatic nitrogens is 2. The van der Waals surface area contributed by atoms with Gasteiger partial charge in [0, 0.05) is 18.7 Å². The van der Waals surface area contributed by atoms with Gasteiger partial charge in [-0.1, -0.05) is 56.3 Å². The van der Waals surface area contributed by atoms with Gasteiger partial charge in [0.25, 0.3) is 0 Å². The molecule has 114 valence electrons. The SMILES string of the molecule is CCN(CC)CCn1c(-c2ccccc2)nc2ccccc21. The predicted octanol–water partition coefficient (Wildman–Crippen LogP) is 4.05. The van der Waals surface area contributed by atoms with Crippen molar-refractivity contribution in [2.75, 3.05) is 19.6 Å². The summed E-state index contributed by atoms with van der Waals surface area (Å²) >= 11 is 0. The Morgan fingerprint density at radius 3 is 2.32 bits per heavy atom. The second kappa shape index (κ2) is 6.75. The van der Waals surface area contributed by atoms with Gasteiger partial charge in [-0.2, -0.15) is 0 Å². The highest BCUT2D eigenvalue weighted by Crippen LogP contribution is 2.24. The third-order valence-electron chi connectivity index (χ3n) is 4.22. The smallest absolute Gasteiger partial charge is 0.141 e. The number of rotatable bonds is 6. The summed E-state index contributed by atoms with van der Waals surface area (Å²) in [5, 5.41) is 0. The van der Waals surface area contributed by atoms with E-state index in [9.17, 15) is 0 Å². The lowest BCUT2D eigenvalue weighted by atomic mass is 10.2. The third-order valence-corrected chi connectivity index (χ3v) is 4.22. The molecule has 22 heavy (non-hydrogen) atoms. The van der Waals surface area contributed by atoms with Crippen LogP contribution in [0.1, 0.15) is 13.8 Å². The Morgan fingerprint density at radius 1 is 0.909 bits per heavy atom. The van der Waals surface area contributed by atoms with E-state index in [1.165, 1.54) is 11.1 Å². The van der Waals surface area contributed by atoms with Crippen LogP contribution in [-0.2, 0) is 6.54 Å². The van der Waals surface area contributed by atoms with Crippen molar-refractivity contribution in [1.29, 1.82) is 0 Å². The molecule has 2 aromatic carbocycles. The minimum Gasteiger partial charge on any atom is -0.323 e. The highest BCUT2D eigenvalue weighted by Gasteiger charge is 2.12. The number of benzene rings is 2. The third kappa shape index (κ3) is 2.90. The molecular weight excluding hydrogens is 270 g/mol. The van der Waals surface area contributed by atoms with Crippen molar-refractivity contribution in [3.8, 4) is 11.4 Å². The molecule has 0 saturated carbocycles. The monoisotopic (exact) mass is 293 g/mol. The molecule has 3 aromatic rings. The first-order valence-corrected chi connectivity index (χ1v) is 8.06. The predicted molar refractivity (Wildman–Crippen MR) is 93.0 cm³/mol. The van der Waals surface area contributed by atoms with E-state index in [1.54, 1.807) is 0 Å². The lowest BCUT2D eigenvalue weighted by Gasteiger charge is -2.19. The van der Waals surface area contributed by atoms with E-state index in [-0.39, 0.29) is 0 Å². The van der Waals surface area contributed by atoms with Crippen molar-refractivity contribution >= 4 is 11.0 Å². The molecule has 0 atom stereocenters. The van der Waals surface area contributed by atoms with Gasteiger partial charge >= 0.3 is 0 Å². The molecule has 1 heterocycles. The number of para-hydroxylation sites is 2. The molecule has 3 nitrogen and oxygen atoms in total. The molecule has 0 unspecified atom stereocenters. The summed E-state index contributed by atoms with van der Waals surface area (Å²) < 4.78 is 2.35. The van der Waals surface area contributed by atoms with Crippen molar-refractivity contribution < 1.29 is 0 Å². The number of fused-ring (bicyclic) bond motifs is 1. The molecule has 0 amide bonds. The molecule has 0 aliphatic rings. The maximum Gasteiger partial charge on any atom is 0.141 e. The van der Waals surface area contributed by atoms with Crippen LogP contribution >= 0.6 is 0 Å².